The second-order valence-corrected chi connectivity index (χ2v) is 5.75. The summed E-state index contributed by atoms with van der Waals surface area (Å²) in [6, 6.07) is 12.4. The molecule has 1 atom stereocenters. The molecule has 0 aliphatic carbocycles. The molecule has 1 aromatic carbocycles. The van der Waals surface area contributed by atoms with Crippen molar-refractivity contribution >= 4 is 11.3 Å². The summed E-state index contributed by atoms with van der Waals surface area (Å²) in [7, 11) is 1.71. The van der Waals surface area contributed by atoms with Crippen molar-refractivity contribution in [2.45, 2.75) is 18.8 Å². The third-order valence-corrected chi connectivity index (χ3v) is 4.23. The van der Waals surface area contributed by atoms with E-state index in [9.17, 15) is 0 Å². The lowest BCUT2D eigenvalue weighted by atomic mass is 9.78. The minimum atomic E-state index is -0.0859. The highest BCUT2D eigenvalue weighted by molar-refractivity contribution is 7.09. The fraction of sp³-hybridized carbons (Fsp3) is 0.333. The maximum Gasteiger partial charge on any atom is 0.122 e. The maximum atomic E-state index is 6.03. The molecule has 2 aromatic rings. The van der Waals surface area contributed by atoms with Gasteiger partial charge < -0.3 is 10.5 Å². The number of hydrogen-bond donors (Lipinski definition) is 1. The van der Waals surface area contributed by atoms with E-state index in [0.717, 1.165) is 12.2 Å². The molecule has 0 spiro atoms. The first-order valence-electron chi connectivity index (χ1n) is 6.05. The summed E-state index contributed by atoms with van der Waals surface area (Å²) in [4.78, 5) is 1.36. The van der Waals surface area contributed by atoms with Gasteiger partial charge in [0.1, 0.15) is 5.75 Å². The van der Waals surface area contributed by atoms with E-state index >= 15 is 0 Å². The SMILES string of the molecule is COc1ccccc1C(C)(CN)Cc1cccs1. The number of para-hydroxylation sites is 1. The molecule has 3 heteroatoms. The molecule has 2 nitrogen and oxygen atoms in total. The van der Waals surface area contributed by atoms with Gasteiger partial charge in [-0.25, -0.2) is 0 Å². The number of benzene rings is 1. The van der Waals surface area contributed by atoms with Crippen LogP contribution in [0.25, 0.3) is 0 Å². The minimum absolute atomic E-state index is 0.0859. The molecule has 1 heterocycles. The Labute approximate surface area is 112 Å². The zero-order valence-electron chi connectivity index (χ0n) is 10.8. The van der Waals surface area contributed by atoms with E-state index in [4.69, 9.17) is 10.5 Å². The van der Waals surface area contributed by atoms with Crippen molar-refractivity contribution in [2.75, 3.05) is 13.7 Å². The third kappa shape index (κ3) is 2.57. The summed E-state index contributed by atoms with van der Waals surface area (Å²) in [6.07, 6.45) is 0.946. The van der Waals surface area contributed by atoms with Crippen LogP contribution in [-0.4, -0.2) is 13.7 Å². The Morgan fingerprint density at radius 3 is 2.61 bits per heavy atom. The molecule has 0 bridgehead atoms. The number of thiophene rings is 1. The number of hydrogen-bond acceptors (Lipinski definition) is 3. The molecule has 0 aliphatic rings. The van der Waals surface area contributed by atoms with E-state index in [0.29, 0.717) is 6.54 Å². The Morgan fingerprint density at radius 1 is 1.22 bits per heavy atom. The quantitative estimate of drug-likeness (QED) is 0.897. The van der Waals surface area contributed by atoms with Gasteiger partial charge in [0.15, 0.2) is 0 Å². The number of ether oxygens (including phenoxy) is 1. The van der Waals surface area contributed by atoms with Crippen LogP contribution >= 0.6 is 11.3 Å². The second kappa shape index (κ2) is 5.55. The highest BCUT2D eigenvalue weighted by Crippen LogP contribution is 2.34. The average molecular weight is 261 g/mol. The van der Waals surface area contributed by atoms with Gasteiger partial charge in [0.2, 0.25) is 0 Å². The summed E-state index contributed by atoms with van der Waals surface area (Å²) in [5.74, 6) is 0.919. The maximum absolute atomic E-state index is 6.03. The van der Waals surface area contributed by atoms with E-state index < -0.39 is 0 Å². The zero-order valence-corrected chi connectivity index (χ0v) is 11.7. The normalized spacial score (nSPS) is 14.2. The Kier molecular flexibility index (Phi) is 4.04. The van der Waals surface area contributed by atoms with Crippen molar-refractivity contribution in [1.29, 1.82) is 0 Å². The van der Waals surface area contributed by atoms with E-state index in [1.54, 1.807) is 18.4 Å². The van der Waals surface area contributed by atoms with Crippen molar-refractivity contribution < 1.29 is 4.74 Å². The lowest BCUT2D eigenvalue weighted by Gasteiger charge is -2.29. The first-order chi connectivity index (χ1) is 8.69. The van der Waals surface area contributed by atoms with Crippen molar-refractivity contribution in [2.24, 2.45) is 5.73 Å². The van der Waals surface area contributed by atoms with Gasteiger partial charge in [0.05, 0.1) is 7.11 Å². The van der Waals surface area contributed by atoms with Crippen LogP contribution in [0.1, 0.15) is 17.4 Å². The molecule has 1 unspecified atom stereocenters. The van der Waals surface area contributed by atoms with Crippen LogP contribution in [0.2, 0.25) is 0 Å². The second-order valence-electron chi connectivity index (χ2n) is 4.72. The highest BCUT2D eigenvalue weighted by atomic mass is 32.1. The fourth-order valence-electron chi connectivity index (χ4n) is 2.22. The number of methoxy groups -OCH3 is 1. The Hall–Kier alpha value is -1.32. The molecule has 0 amide bonds. The van der Waals surface area contributed by atoms with E-state index in [1.807, 2.05) is 18.2 Å². The molecule has 0 aliphatic heterocycles. The Bertz CT molecular complexity index is 495. The first-order valence-corrected chi connectivity index (χ1v) is 6.93. The lowest BCUT2D eigenvalue weighted by molar-refractivity contribution is 0.385. The standard InChI is InChI=1S/C15H19NOS/c1-15(11-16,10-12-6-5-9-18-12)13-7-3-4-8-14(13)17-2/h3-9H,10-11,16H2,1-2H3. The molecule has 0 radical (unpaired) electrons. The Balaban J connectivity index is 2.36. The molecule has 0 fully saturated rings. The Morgan fingerprint density at radius 2 is 2.00 bits per heavy atom. The molecule has 0 saturated carbocycles. The summed E-state index contributed by atoms with van der Waals surface area (Å²) in [6.45, 7) is 2.80. The molecule has 2 rings (SSSR count). The number of nitrogens with two attached hydrogens (primary N) is 1. The molecule has 0 saturated heterocycles. The monoisotopic (exact) mass is 261 g/mol. The van der Waals surface area contributed by atoms with E-state index in [-0.39, 0.29) is 5.41 Å². The molecule has 1 aromatic heterocycles. The zero-order chi connectivity index (χ0) is 13.0. The molecule has 96 valence electrons. The van der Waals surface area contributed by atoms with Crippen LogP contribution in [-0.2, 0) is 11.8 Å². The van der Waals surface area contributed by atoms with Crippen LogP contribution in [0.15, 0.2) is 41.8 Å². The van der Waals surface area contributed by atoms with Crippen LogP contribution in [0, 0.1) is 0 Å². The van der Waals surface area contributed by atoms with Gasteiger partial charge >= 0.3 is 0 Å². The van der Waals surface area contributed by atoms with Crippen molar-refractivity contribution in [3.63, 3.8) is 0 Å². The van der Waals surface area contributed by atoms with Gasteiger partial charge in [0, 0.05) is 22.4 Å². The summed E-state index contributed by atoms with van der Waals surface area (Å²) < 4.78 is 5.46. The van der Waals surface area contributed by atoms with Gasteiger partial charge in [-0.05, 0) is 23.9 Å². The van der Waals surface area contributed by atoms with Crippen LogP contribution < -0.4 is 10.5 Å². The summed E-state index contributed by atoms with van der Waals surface area (Å²) >= 11 is 1.78. The van der Waals surface area contributed by atoms with Gasteiger partial charge in [-0.2, -0.15) is 0 Å². The van der Waals surface area contributed by atoms with Crippen LogP contribution in [0.5, 0.6) is 5.75 Å². The molecular weight excluding hydrogens is 242 g/mol. The van der Waals surface area contributed by atoms with Crippen LogP contribution in [0.3, 0.4) is 0 Å². The van der Waals surface area contributed by atoms with Gasteiger partial charge in [-0.15, -0.1) is 11.3 Å². The molecule has 2 N–H and O–H groups in total. The molecule has 18 heavy (non-hydrogen) atoms. The van der Waals surface area contributed by atoms with E-state index in [2.05, 4.69) is 30.5 Å². The average Bonchev–Trinajstić information content (AvgIpc) is 2.91. The van der Waals surface area contributed by atoms with Crippen molar-refractivity contribution in [3.8, 4) is 5.75 Å². The van der Waals surface area contributed by atoms with Gasteiger partial charge in [-0.3, -0.25) is 0 Å². The molecular formula is C15H19NOS. The topological polar surface area (TPSA) is 35.2 Å². The van der Waals surface area contributed by atoms with Crippen molar-refractivity contribution in [3.05, 3.63) is 52.2 Å². The summed E-state index contributed by atoms with van der Waals surface area (Å²) in [5.41, 5.74) is 7.13. The van der Waals surface area contributed by atoms with Crippen molar-refractivity contribution in [1.82, 2.24) is 0 Å². The lowest BCUT2D eigenvalue weighted by Crippen LogP contribution is -2.34. The largest absolute Gasteiger partial charge is 0.496 e. The van der Waals surface area contributed by atoms with Gasteiger partial charge in [0.25, 0.3) is 0 Å². The minimum Gasteiger partial charge on any atom is -0.496 e. The fourth-order valence-corrected chi connectivity index (χ4v) is 3.11. The van der Waals surface area contributed by atoms with Crippen LogP contribution in [0.4, 0.5) is 0 Å². The van der Waals surface area contributed by atoms with E-state index in [1.165, 1.54) is 10.4 Å². The third-order valence-electron chi connectivity index (χ3n) is 3.35. The number of rotatable bonds is 5. The van der Waals surface area contributed by atoms with Gasteiger partial charge in [-0.1, -0.05) is 31.2 Å². The highest BCUT2D eigenvalue weighted by Gasteiger charge is 2.28. The predicted molar refractivity (Wildman–Crippen MR) is 77.4 cm³/mol. The first kappa shape index (κ1) is 13.1. The smallest absolute Gasteiger partial charge is 0.122 e. The summed E-state index contributed by atoms with van der Waals surface area (Å²) in [5, 5.41) is 2.11. The predicted octanol–water partition coefficient (Wildman–Crippen LogP) is 3.22.